The lowest BCUT2D eigenvalue weighted by molar-refractivity contribution is 0.539. The molecule has 0 fully saturated rings. The Labute approximate surface area is 113 Å². The molecule has 0 aromatic heterocycles. The minimum atomic E-state index is -0.541. The second-order valence-electron chi connectivity index (χ2n) is 3.86. The van der Waals surface area contributed by atoms with Gasteiger partial charge in [-0.1, -0.05) is 6.92 Å². The van der Waals surface area contributed by atoms with Crippen LogP contribution in [0, 0.1) is 11.6 Å². The van der Waals surface area contributed by atoms with Gasteiger partial charge in [-0.2, -0.15) is 11.8 Å². The first-order valence-corrected chi connectivity index (χ1v) is 7.46. The highest BCUT2D eigenvalue weighted by Crippen LogP contribution is 2.23. The first-order valence-electron chi connectivity index (χ1n) is 5.52. The van der Waals surface area contributed by atoms with Crippen LogP contribution >= 0.6 is 27.7 Å². The maximum Gasteiger partial charge on any atom is 0.143 e. The molecule has 0 heterocycles. The number of rotatable bonds is 6. The van der Waals surface area contributed by atoms with Gasteiger partial charge in [0, 0.05) is 17.4 Å². The monoisotopic (exact) mass is 323 g/mol. The van der Waals surface area contributed by atoms with Crippen LogP contribution in [0.15, 0.2) is 16.6 Å². The van der Waals surface area contributed by atoms with E-state index in [1.165, 1.54) is 12.1 Å². The Kier molecular flexibility index (Phi) is 6.44. The standard InChI is InChI=1S/C12H16BrF2NS/c1-2-5-17-7-8(16)6-9-11(14)4-3-10(13)12(9)15/h3-4,8H,2,5-7,16H2,1H3. The zero-order valence-corrected chi connectivity index (χ0v) is 12.1. The van der Waals surface area contributed by atoms with E-state index in [-0.39, 0.29) is 22.5 Å². The van der Waals surface area contributed by atoms with Crippen LogP contribution in [-0.4, -0.2) is 17.5 Å². The molecule has 0 aliphatic carbocycles. The molecule has 17 heavy (non-hydrogen) atoms. The first-order chi connectivity index (χ1) is 8.06. The molecular weight excluding hydrogens is 308 g/mol. The quantitative estimate of drug-likeness (QED) is 0.637. The summed E-state index contributed by atoms with van der Waals surface area (Å²) in [6.07, 6.45) is 1.31. The van der Waals surface area contributed by atoms with Gasteiger partial charge in [0.1, 0.15) is 11.6 Å². The molecule has 1 unspecified atom stereocenters. The summed E-state index contributed by atoms with van der Waals surface area (Å²) in [6, 6.07) is 2.41. The molecule has 1 atom stereocenters. The molecule has 1 rings (SSSR count). The van der Waals surface area contributed by atoms with Crippen molar-refractivity contribution in [1.82, 2.24) is 0 Å². The van der Waals surface area contributed by atoms with Crippen molar-refractivity contribution in [3.8, 4) is 0 Å². The van der Waals surface area contributed by atoms with Gasteiger partial charge in [-0.15, -0.1) is 0 Å². The fourth-order valence-corrected chi connectivity index (χ4v) is 2.70. The van der Waals surface area contributed by atoms with Crippen molar-refractivity contribution < 1.29 is 8.78 Å². The Morgan fingerprint density at radius 3 is 2.76 bits per heavy atom. The first kappa shape index (κ1) is 14.9. The van der Waals surface area contributed by atoms with Gasteiger partial charge in [-0.05, 0) is 46.7 Å². The zero-order chi connectivity index (χ0) is 12.8. The van der Waals surface area contributed by atoms with Crippen molar-refractivity contribution >= 4 is 27.7 Å². The van der Waals surface area contributed by atoms with Crippen molar-refractivity contribution in [2.45, 2.75) is 25.8 Å². The Morgan fingerprint density at radius 1 is 1.41 bits per heavy atom. The fraction of sp³-hybridized carbons (Fsp3) is 0.500. The van der Waals surface area contributed by atoms with Crippen LogP contribution in [0.2, 0.25) is 0 Å². The molecule has 0 saturated carbocycles. The van der Waals surface area contributed by atoms with Crippen LogP contribution in [0.5, 0.6) is 0 Å². The summed E-state index contributed by atoms with van der Waals surface area (Å²) in [4.78, 5) is 0. The summed E-state index contributed by atoms with van der Waals surface area (Å²) in [6.45, 7) is 2.09. The minimum Gasteiger partial charge on any atom is -0.327 e. The summed E-state index contributed by atoms with van der Waals surface area (Å²) < 4.78 is 27.4. The Balaban J connectivity index is 2.64. The number of benzene rings is 1. The molecule has 1 aromatic rings. The van der Waals surface area contributed by atoms with E-state index >= 15 is 0 Å². The Morgan fingerprint density at radius 2 is 2.12 bits per heavy atom. The van der Waals surface area contributed by atoms with E-state index in [2.05, 4.69) is 22.9 Å². The molecule has 0 spiro atoms. The molecule has 0 aliphatic heterocycles. The van der Waals surface area contributed by atoms with Crippen molar-refractivity contribution in [2.24, 2.45) is 5.73 Å². The lowest BCUT2D eigenvalue weighted by atomic mass is 10.1. The van der Waals surface area contributed by atoms with Gasteiger partial charge in [0.25, 0.3) is 0 Å². The third-order valence-electron chi connectivity index (χ3n) is 2.29. The molecule has 1 aromatic carbocycles. The normalized spacial score (nSPS) is 12.8. The molecular formula is C12H16BrF2NS. The molecule has 0 bridgehead atoms. The molecule has 5 heteroatoms. The molecule has 96 valence electrons. The largest absolute Gasteiger partial charge is 0.327 e. The van der Waals surface area contributed by atoms with Crippen LogP contribution in [-0.2, 0) is 6.42 Å². The Hall–Kier alpha value is -0.130. The summed E-state index contributed by atoms with van der Waals surface area (Å²) in [5, 5.41) is 0. The third-order valence-corrected chi connectivity index (χ3v) is 4.26. The van der Waals surface area contributed by atoms with Crippen LogP contribution in [0.25, 0.3) is 0 Å². The van der Waals surface area contributed by atoms with E-state index in [9.17, 15) is 8.78 Å². The van der Waals surface area contributed by atoms with Gasteiger partial charge in [0.05, 0.1) is 4.47 Å². The van der Waals surface area contributed by atoms with E-state index in [0.717, 1.165) is 17.9 Å². The molecule has 2 N–H and O–H groups in total. The number of nitrogens with two attached hydrogens (primary N) is 1. The average Bonchev–Trinajstić information content (AvgIpc) is 2.30. The summed E-state index contributed by atoms with van der Waals surface area (Å²) in [5.74, 6) is 0.679. The predicted octanol–water partition coefficient (Wildman–Crippen LogP) is 3.74. The molecule has 0 aliphatic rings. The SMILES string of the molecule is CCCSCC(N)Cc1c(F)ccc(Br)c1F. The van der Waals surface area contributed by atoms with E-state index in [0.29, 0.717) is 0 Å². The Bertz CT molecular complexity index is 374. The summed E-state index contributed by atoms with van der Waals surface area (Å²) in [5.41, 5.74) is 5.94. The predicted molar refractivity (Wildman–Crippen MR) is 73.4 cm³/mol. The summed E-state index contributed by atoms with van der Waals surface area (Å²) in [7, 11) is 0. The smallest absolute Gasteiger partial charge is 0.143 e. The van der Waals surface area contributed by atoms with E-state index in [4.69, 9.17) is 5.73 Å². The van der Waals surface area contributed by atoms with Gasteiger partial charge in [-0.3, -0.25) is 0 Å². The van der Waals surface area contributed by atoms with Crippen molar-refractivity contribution in [1.29, 1.82) is 0 Å². The van der Waals surface area contributed by atoms with E-state index in [1.807, 2.05) is 0 Å². The topological polar surface area (TPSA) is 26.0 Å². The number of hydrogen-bond donors (Lipinski definition) is 1. The van der Waals surface area contributed by atoms with Crippen LogP contribution in [0.1, 0.15) is 18.9 Å². The van der Waals surface area contributed by atoms with Crippen molar-refractivity contribution in [3.05, 3.63) is 33.8 Å². The highest BCUT2D eigenvalue weighted by molar-refractivity contribution is 9.10. The van der Waals surface area contributed by atoms with Crippen LogP contribution < -0.4 is 5.73 Å². The van der Waals surface area contributed by atoms with Crippen LogP contribution in [0.4, 0.5) is 8.78 Å². The number of hydrogen-bond acceptors (Lipinski definition) is 2. The molecule has 1 nitrogen and oxygen atoms in total. The van der Waals surface area contributed by atoms with Gasteiger partial charge in [0.15, 0.2) is 0 Å². The maximum atomic E-state index is 13.7. The van der Waals surface area contributed by atoms with Crippen molar-refractivity contribution in [2.75, 3.05) is 11.5 Å². The highest BCUT2D eigenvalue weighted by atomic mass is 79.9. The maximum absolute atomic E-state index is 13.7. The molecule has 0 saturated heterocycles. The number of thioether (sulfide) groups is 1. The molecule has 0 radical (unpaired) electrons. The summed E-state index contributed by atoms with van der Waals surface area (Å²) >= 11 is 4.76. The van der Waals surface area contributed by atoms with Gasteiger partial charge >= 0.3 is 0 Å². The average molecular weight is 324 g/mol. The minimum absolute atomic E-state index is 0.0731. The second kappa shape index (κ2) is 7.34. The van der Waals surface area contributed by atoms with Gasteiger partial charge < -0.3 is 5.73 Å². The lowest BCUT2D eigenvalue weighted by Crippen LogP contribution is -2.26. The third kappa shape index (κ3) is 4.56. The van der Waals surface area contributed by atoms with Gasteiger partial charge in [-0.25, -0.2) is 8.78 Å². The van der Waals surface area contributed by atoms with Crippen molar-refractivity contribution in [3.63, 3.8) is 0 Å². The van der Waals surface area contributed by atoms with Crippen LogP contribution in [0.3, 0.4) is 0 Å². The second-order valence-corrected chi connectivity index (χ2v) is 5.87. The van der Waals surface area contributed by atoms with E-state index < -0.39 is 11.6 Å². The van der Waals surface area contributed by atoms with Gasteiger partial charge in [0.2, 0.25) is 0 Å². The number of halogens is 3. The molecule has 0 amide bonds. The zero-order valence-electron chi connectivity index (χ0n) is 9.68. The fourth-order valence-electron chi connectivity index (χ4n) is 1.46. The van der Waals surface area contributed by atoms with E-state index in [1.54, 1.807) is 11.8 Å². The lowest BCUT2D eigenvalue weighted by Gasteiger charge is -2.13. The highest BCUT2D eigenvalue weighted by Gasteiger charge is 2.15.